The molecule has 0 atom stereocenters. The van der Waals surface area contributed by atoms with Gasteiger partial charge in [-0.25, -0.2) is 4.99 Å². The molecule has 0 amide bonds. The molecular weight excluding hydrogens is 417 g/mol. The lowest BCUT2D eigenvalue weighted by atomic mass is 10.2. The number of aliphatic imine (C=N–C) groups is 1. The van der Waals surface area contributed by atoms with Crippen LogP contribution in [-0.2, 0) is 6.54 Å². The third kappa shape index (κ3) is 5.72. The molecular formula is C18H30IN3O2. The molecule has 1 saturated carbocycles. The molecule has 5 nitrogen and oxygen atoms in total. The number of methoxy groups -OCH3 is 1. The van der Waals surface area contributed by atoms with Crippen molar-refractivity contribution in [1.29, 1.82) is 0 Å². The smallest absolute Gasteiger partial charge is 0.195 e. The Hall–Kier alpha value is -1.18. The van der Waals surface area contributed by atoms with Crippen LogP contribution in [-0.4, -0.2) is 57.2 Å². The van der Waals surface area contributed by atoms with Crippen molar-refractivity contribution in [2.75, 3.05) is 35.3 Å². The number of hydrogen-bond acceptors (Lipinski definition) is 3. The highest BCUT2D eigenvalue weighted by Gasteiger charge is 2.18. The molecule has 1 aliphatic carbocycles. The minimum atomic E-state index is 0. The van der Waals surface area contributed by atoms with E-state index < -0.39 is 0 Å². The first kappa shape index (κ1) is 20.9. The SMILES string of the molecule is COc1ccc(CN=C(N(C)C)N(C)C)cc1OC1CCCC1.I. The molecule has 0 bridgehead atoms. The Kier molecular flexibility index (Phi) is 8.66. The summed E-state index contributed by atoms with van der Waals surface area (Å²) in [6, 6.07) is 6.08. The van der Waals surface area contributed by atoms with Crippen molar-refractivity contribution in [3.8, 4) is 11.5 Å². The zero-order valence-corrected chi connectivity index (χ0v) is 17.7. The van der Waals surface area contributed by atoms with E-state index in [-0.39, 0.29) is 24.0 Å². The van der Waals surface area contributed by atoms with E-state index in [0.29, 0.717) is 12.6 Å². The van der Waals surface area contributed by atoms with E-state index >= 15 is 0 Å². The van der Waals surface area contributed by atoms with Gasteiger partial charge in [-0.15, -0.1) is 24.0 Å². The van der Waals surface area contributed by atoms with Gasteiger partial charge in [-0.2, -0.15) is 0 Å². The summed E-state index contributed by atoms with van der Waals surface area (Å²) in [6.45, 7) is 0.622. The van der Waals surface area contributed by atoms with Crippen LogP contribution in [0.4, 0.5) is 0 Å². The van der Waals surface area contributed by atoms with Gasteiger partial charge in [-0.3, -0.25) is 0 Å². The summed E-state index contributed by atoms with van der Waals surface area (Å²) in [5.41, 5.74) is 1.12. The van der Waals surface area contributed by atoms with Crippen LogP contribution in [0.3, 0.4) is 0 Å². The van der Waals surface area contributed by atoms with Gasteiger partial charge in [-0.1, -0.05) is 6.07 Å². The van der Waals surface area contributed by atoms with E-state index in [9.17, 15) is 0 Å². The zero-order chi connectivity index (χ0) is 16.8. The molecule has 0 radical (unpaired) electrons. The molecule has 0 spiro atoms. The topological polar surface area (TPSA) is 37.3 Å². The summed E-state index contributed by atoms with van der Waals surface area (Å²) >= 11 is 0. The monoisotopic (exact) mass is 447 g/mol. The molecule has 0 saturated heterocycles. The molecule has 2 rings (SSSR count). The maximum Gasteiger partial charge on any atom is 0.195 e. The average Bonchev–Trinajstić information content (AvgIpc) is 3.00. The summed E-state index contributed by atoms with van der Waals surface area (Å²) in [5, 5.41) is 0. The number of guanidine groups is 1. The van der Waals surface area contributed by atoms with Crippen molar-refractivity contribution in [2.45, 2.75) is 38.3 Å². The Labute approximate surface area is 163 Å². The number of rotatable bonds is 5. The fraction of sp³-hybridized carbons (Fsp3) is 0.611. The molecule has 1 fully saturated rings. The van der Waals surface area contributed by atoms with Gasteiger partial charge < -0.3 is 19.3 Å². The Morgan fingerprint density at radius 2 is 1.71 bits per heavy atom. The summed E-state index contributed by atoms with van der Waals surface area (Å²) < 4.78 is 11.6. The molecule has 0 aromatic heterocycles. The standard InChI is InChI=1S/C18H29N3O2.HI/c1-20(2)18(21(3)4)19-13-14-10-11-16(22-5)17(12-14)23-15-8-6-7-9-15;/h10-12,15H,6-9,13H2,1-5H3;1H. The van der Waals surface area contributed by atoms with Crippen molar-refractivity contribution in [2.24, 2.45) is 4.99 Å². The lowest BCUT2D eigenvalue weighted by molar-refractivity contribution is 0.200. The first-order valence-corrected chi connectivity index (χ1v) is 8.24. The minimum absolute atomic E-state index is 0. The van der Waals surface area contributed by atoms with Crippen molar-refractivity contribution in [3.05, 3.63) is 23.8 Å². The van der Waals surface area contributed by atoms with Gasteiger partial charge in [0.15, 0.2) is 17.5 Å². The molecule has 6 heteroatoms. The zero-order valence-electron chi connectivity index (χ0n) is 15.4. The summed E-state index contributed by atoms with van der Waals surface area (Å²) in [5.74, 6) is 2.58. The lowest BCUT2D eigenvalue weighted by Crippen LogP contribution is -2.35. The van der Waals surface area contributed by atoms with Crippen LogP contribution in [0, 0.1) is 0 Å². The molecule has 1 aliphatic rings. The van der Waals surface area contributed by atoms with Gasteiger partial charge in [0.25, 0.3) is 0 Å². The fourth-order valence-corrected chi connectivity index (χ4v) is 2.94. The van der Waals surface area contributed by atoms with Crippen LogP contribution < -0.4 is 9.47 Å². The quantitative estimate of drug-likeness (QED) is 0.393. The molecule has 136 valence electrons. The maximum atomic E-state index is 6.15. The second kappa shape index (κ2) is 9.96. The number of benzene rings is 1. The molecule has 24 heavy (non-hydrogen) atoms. The van der Waals surface area contributed by atoms with Crippen molar-refractivity contribution < 1.29 is 9.47 Å². The van der Waals surface area contributed by atoms with E-state index in [4.69, 9.17) is 14.5 Å². The molecule has 0 unspecified atom stereocenters. The van der Waals surface area contributed by atoms with Crippen LogP contribution in [0.2, 0.25) is 0 Å². The average molecular weight is 447 g/mol. The van der Waals surface area contributed by atoms with Crippen LogP contribution >= 0.6 is 24.0 Å². The molecule has 1 aromatic rings. The summed E-state index contributed by atoms with van der Waals surface area (Å²) in [7, 11) is 9.69. The van der Waals surface area contributed by atoms with Gasteiger partial charge in [0, 0.05) is 28.2 Å². The molecule has 0 aliphatic heterocycles. The van der Waals surface area contributed by atoms with E-state index in [2.05, 4.69) is 6.07 Å². The third-order valence-corrected chi connectivity index (χ3v) is 4.03. The van der Waals surface area contributed by atoms with Crippen LogP contribution in [0.25, 0.3) is 0 Å². The van der Waals surface area contributed by atoms with Crippen LogP contribution in [0.15, 0.2) is 23.2 Å². The van der Waals surface area contributed by atoms with E-state index in [1.807, 2.05) is 50.1 Å². The van der Waals surface area contributed by atoms with Crippen molar-refractivity contribution in [3.63, 3.8) is 0 Å². The molecule has 1 aromatic carbocycles. The van der Waals surface area contributed by atoms with E-state index in [1.165, 1.54) is 12.8 Å². The number of halogens is 1. The van der Waals surface area contributed by atoms with Gasteiger partial charge >= 0.3 is 0 Å². The first-order chi connectivity index (χ1) is 11.0. The minimum Gasteiger partial charge on any atom is -0.493 e. The normalized spacial score (nSPS) is 13.9. The second-order valence-electron chi connectivity index (χ2n) is 6.41. The third-order valence-electron chi connectivity index (χ3n) is 4.03. The lowest BCUT2D eigenvalue weighted by Gasteiger charge is -2.22. The molecule has 0 N–H and O–H groups in total. The predicted octanol–water partition coefficient (Wildman–Crippen LogP) is 3.61. The highest BCUT2D eigenvalue weighted by molar-refractivity contribution is 14.0. The summed E-state index contributed by atoms with van der Waals surface area (Å²) in [6.07, 6.45) is 5.10. The Morgan fingerprint density at radius 3 is 2.25 bits per heavy atom. The highest BCUT2D eigenvalue weighted by atomic mass is 127. The van der Waals surface area contributed by atoms with Crippen LogP contribution in [0.5, 0.6) is 11.5 Å². The largest absolute Gasteiger partial charge is 0.493 e. The van der Waals surface area contributed by atoms with Gasteiger partial charge in [0.1, 0.15) is 0 Å². The van der Waals surface area contributed by atoms with Gasteiger partial charge in [0.2, 0.25) is 0 Å². The van der Waals surface area contributed by atoms with Crippen molar-refractivity contribution >= 4 is 29.9 Å². The predicted molar refractivity (Wildman–Crippen MR) is 110 cm³/mol. The van der Waals surface area contributed by atoms with Gasteiger partial charge in [-0.05, 0) is 43.4 Å². The van der Waals surface area contributed by atoms with E-state index in [1.54, 1.807) is 7.11 Å². The van der Waals surface area contributed by atoms with Crippen molar-refractivity contribution in [1.82, 2.24) is 9.80 Å². The molecule has 0 heterocycles. The second-order valence-corrected chi connectivity index (χ2v) is 6.41. The highest BCUT2D eigenvalue weighted by Crippen LogP contribution is 2.32. The number of nitrogens with zero attached hydrogens (tertiary/aromatic N) is 3. The Balaban J connectivity index is 0.00000288. The van der Waals surface area contributed by atoms with Crippen LogP contribution in [0.1, 0.15) is 31.2 Å². The maximum absolute atomic E-state index is 6.15. The summed E-state index contributed by atoms with van der Waals surface area (Å²) in [4.78, 5) is 8.72. The first-order valence-electron chi connectivity index (χ1n) is 8.24. The number of ether oxygens (including phenoxy) is 2. The van der Waals surface area contributed by atoms with E-state index in [0.717, 1.165) is 35.9 Å². The fourth-order valence-electron chi connectivity index (χ4n) is 2.94. The number of hydrogen-bond donors (Lipinski definition) is 0. The van der Waals surface area contributed by atoms with Gasteiger partial charge in [0.05, 0.1) is 19.8 Å². The Morgan fingerprint density at radius 1 is 1.08 bits per heavy atom. The Bertz CT molecular complexity index is 531.